The third-order valence-corrected chi connectivity index (χ3v) is 8.82. The van der Waals surface area contributed by atoms with Crippen LogP contribution >= 0.6 is 15.2 Å². The number of aliphatic hydroxyl groups is 4. The SMILES string of the molecule is C.CP(=O)(O)CCCC#Cc1cn(C2CC(O)C(CO)O2)c(=O)nc1N.Nc1nc(=O)n(C2CC(O)C(CO)O2)cc1C#CCCOP(=O)(O)O. The lowest BCUT2D eigenvalue weighted by atomic mass is 10.2. The molecule has 2 aromatic rings. The smallest absolute Gasteiger partial charge is 0.394 e. The molecule has 11 N–H and O–H groups in total. The molecule has 2 aliphatic rings. The van der Waals surface area contributed by atoms with Crippen molar-refractivity contribution in [3.8, 4) is 23.7 Å². The van der Waals surface area contributed by atoms with Crippen LogP contribution in [0.3, 0.4) is 0 Å². The predicted octanol–water partition coefficient (Wildman–Crippen LogP) is -1.55. The van der Waals surface area contributed by atoms with Crippen LogP contribution in [0.4, 0.5) is 11.6 Å². The van der Waals surface area contributed by atoms with Crippen LogP contribution in [0.5, 0.6) is 0 Å². The molecule has 0 aliphatic carbocycles. The summed E-state index contributed by atoms with van der Waals surface area (Å²) < 4.78 is 39.1. The lowest BCUT2D eigenvalue weighted by molar-refractivity contribution is -0.0458. The van der Waals surface area contributed by atoms with Crippen molar-refractivity contribution in [3.63, 3.8) is 0 Å². The molecule has 0 amide bonds. The van der Waals surface area contributed by atoms with Gasteiger partial charge in [0, 0.05) is 50.9 Å². The number of anilines is 2. The molecule has 0 aromatic carbocycles. The molecule has 4 heterocycles. The van der Waals surface area contributed by atoms with E-state index in [1.807, 2.05) is 0 Å². The minimum absolute atomic E-state index is 0. The Morgan fingerprint density at radius 1 is 0.863 bits per heavy atom. The average Bonchev–Trinajstić information content (AvgIpc) is 3.59. The van der Waals surface area contributed by atoms with E-state index >= 15 is 0 Å². The quantitative estimate of drug-likeness (QED) is 0.0751. The summed E-state index contributed by atoms with van der Waals surface area (Å²) in [7, 11) is -7.58. The lowest BCUT2D eigenvalue weighted by Gasteiger charge is -2.15. The number of nitrogens with zero attached hydrogens (tertiary/aromatic N) is 4. The van der Waals surface area contributed by atoms with E-state index in [9.17, 15) is 33.8 Å². The van der Waals surface area contributed by atoms with Crippen LogP contribution in [0.15, 0.2) is 22.0 Å². The van der Waals surface area contributed by atoms with E-state index < -0.39 is 63.4 Å². The second-order valence-corrected chi connectivity index (χ2v) is 15.0. The Hall–Kier alpha value is -3.46. The molecule has 0 bridgehead atoms. The first-order valence-electron chi connectivity index (χ1n) is 15.1. The van der Waals surface area contributed by atoms with Gasteiger partial charge in [-0.1, -0.05) is 31.1 Å². The van der Waals surface area contributed by atoms with E-state index in [2.05, 4.69) is 38.2 Å². The zero-order valence-corrected chi connectivity index (χ0v) is 28.6. The second-order valence-electron chi connectivity index (χ2n) is 11.2. The van der Waals surface area contributed by atoms with Crippen molar-refractivity contribution < 1.29 is 58.2 Å². The van der Waals surface area contributed by atoms with E-state index in [0.29, 0.717) is 18.4 Å². The van der Waals surface area contributed by atoms with Crippen molar-refractivity contribution in [2.75, 3.05) is 44.1 Å². The van der Waals surface area contributed by atoms with Gasteiger partial charge in [-0.05, 0) is 6.42 Å². The number of unbranched alkanes of at least 4 members (excludes halogenated alkanes) is 1. The van der Waals surface area contributed by atoms with Crippen LogP contribution in [0.1, 0.15) is 63.1 Å². The third-order valence-electron chi connectivity index (χ3n) is 7.16. The lowest BCUT2D eigenvalue weighted by Crippen LogP contribution is -2.28. The molecule has 51 heavy (non-hydrogen) atoms. The van der Waals surface area contributed by atoms with Gasteiger partial charge in [-0.25, -0.2) is 14.2 Å². The van der Waals surface area contributed by atoms with Crippen LogP contribution in [0.2, 0.25) is 0 Å². The highest BCUT2D eigenvalue weighted by Crippen LogP contribution is 2.36. The summed E-state index contributed by atoms with van der Waals surface area (Å²) in [4.78, 5) is 57.6. The molecule has 2 saturated heterocycles. The number of nitrogen functional groups attached to an aromatic ring is 2. The number of hydrogen-bond acceptors (Lipinski definition) is 15. The highest BCUT2D eigenvalue weighted by atomic mass is 31.2. The molecule has 7 atom stereocenters. The summed E-state index contributed by atoms with van der Waals surface area (Å²) in [6.45, 7) is 0.281. The number of hydrogen-bond donors (Lipinski definition) is 9. The minimum atomic E-state index is -4.54. The van der Waals surface area contributed by atoms with Gasteiger partial charge in [0.25, 0.3) is 0 Å². The molecule has 22 heteroatoms. The monoisotopic (exact) mass is 762 g/mol. The van der Waals surface area contributed by atoms with E-state index in [-0.39, 0.29) is 69.9 Å². The highest BCUT2D eigenvalue weighted by molar-refractivity contribution is 7.57. The second kappa shape index (κ2) is 19.4. The van der Waals surface area contributed by atoms with Gasteiger partial charge in [0.15, 0.2) is 7.37 Å². The Balaban J connectivity index is 0.000000347. The molecular weight excluding hydrogens is 718 g/mol. The van der Waals surface area contributed by atoms with Crippen LogP contribution in [-0.4, -0.2) is 111 Å². The topological polar surface area (TPSA) is 325 Å². The maximum Gasteiger partial charge on any atom is 0.469 e. The van der Waals surface area contributed by atoms with Gasteiger partial charge in [-0.3, -0.25) is 18.2 Å². The number of phosphoric ester groups is 1. The fourth-order valence-corrected chi connectivity index (χ4v) is 5.73. The van der Waals surface area contributed by atoms with E-state index in [1.54, 1.807) is 0 Å². The Morgan fingerprint density at radius 3 is 1.67 bits per heavy atom. The van der Waals surface area contributed by atoms with Gasteiger partial charge in [-0.15, -0.1) is 0 Å². The molecule has 2 fully saturated rings. The van der Waals surface area contributed by atoms with Crippen LogP contribution in [-0.2, 0) is 23.1 Å². The molecule has 0 saturated carbocycles. The largest absolute Gasteiger partial charge is 0.469 e. The summed E-state index contributed by atoms with van der Waals surface area (Å²) in [6.07, 6.45) is -0.865. The minimum Gasteiger partial charge on any atom is -0.394 e. The first kappa shape index (κ1) is 43.7. The first-order chi connectivity index (χ1) is 23.4. The van der Waals surface area contributed by atoms with Crippen LogP contribution in [0.25, 0.3) is 0 Å². The fourth-order valence-electron chi connectivity index (χ4n) is 4.66. The van der Waals surface area contributed by atoms with Crippen molar-refractivity contribution in [2.24, 2.45) is 0 Å². The Morgan fingerprint density at radius 2 is 1.29 bits per heavy atom. The average molecular weight is 763 g/mol. The van der Waals surface area contributed by atoms with Crippen molar-refractivity contribution in [1.82, 2.24) is 19.1 Å². The number of ether oxygens (including phenoxy) is 2. The number of nitrogens with two attached hydrogens (primary N) is 2. The summed E-state index contributed by atoms with van der Waals surface area (Å²) in [5, 5.41) is 37.8. The van der Waals surface area contributed by atoms with Gasteiger partial charge in [0.05, 0.1) is 43.2 Å². The summed E-state index contributed by atoms with van der Waals surface area (Å²) in [5.41, 5.74) is 10.6. The third kappa shape index (κ3) is 13.6. The normalized spacial score (nSPS) is 23.8. The summed E-state index contributed by atoms with van der Waals surface area (Å²) in [5.74, 6) is 10.7. The molecule has 0 radical (unpaired) electrons. The maximum absolute atomic E-state index is 12.0. The van der Waals surface area contributed by atoms with Crippen molar-refractivity contribution >= 4 is 26.8 Å². The van der Waals surface area contributed by atoms with E-state index in [1.165, 1.54) is 23.6 Å². The van der Waals surface area contributed by atoms with Crippen LogP contribution < -0.4 is 22.8 Å². The van der Waals surface area contributed by atoms with Crippen molar-refractivity contribution in [3.05, 3.63) is 44.5 Å². The van der Waals surface area contributed by atoms with Gasteiger partial charge in [0.2, 0.25) is 0 Å². The standard InChI is InChI=1S/C15H22N3O6P.C13H18N3O8P.CH4/c1-25(22,23)6-4-2-3-5-10-8-18(15(21)17-14(10)16)13-7-11(20)12(9-19)24-13;14-12-8(3-1-2-4-23-25(20,21)22)6-16(13(19)15-12)11-5-9(18)10(7-17)24-11;/h8,11-13,19-20H,2,4,6-7,9H2,1H3,(H,22,23)(H2,16,17,21);6,9-11,17-18H,2,4-5,7H2,(H2,14,15,19)(H2,20,21,22);1H4. The number of aromatic nitrogens is 4. The zero-order chi connectivity index (χ0) is 37.2. The molecule has 2 aliphatic heterocycles. The van der Waals surface area contributed by atoms with Crippen molar-refractivity contribution in [2.45, 2.75) is 76.4 Å². The molecule has 0 spiro atoms. The van der Waals surface area contributed by atoms with E-state index in [0.717, 1.165) is 4.57 Å². The van der Waals surface area contributed by atoms with Gasteiger partial charge >= 0.3 is 19.2 Å². The maximum atomic E-state index is 12.0. The van der Waals surface area contributed by atoms with Gasteiger partial charge < -0.3 is 56.0 Å². The number of phosphoric acid groups is 1. The molecule has 20 nitrogen and oxygen atoms in total. The Labute approximate surface area is 292 Å². The molecule has 4 rings (SSSR count). The summed E-state index contributed by atoms with van der Waals surface area (Å²) >= 11 is 0. The van der Waals surface area contributed by atoms with Gasteiger partial charge in [-0.2, -0.15) is 9.97 Å². The summed E-state index contributed by atoms with van der Waals surface area (Å²) in [6, 6.07) is 0. The fraction of sp³-hybridized carbons (Fsp3) is 0.586. The predicted molar refractivity (Wildman–Crippen MR) is 182 cm³/mol. The Kier molecular flexibility index (Phi) is 16.6. The first-order valence-corrected chi connectivity index (χ1v) is 18.9. The molecule has 7 unspecified atom stereocenters. The molecular formula is C29H44N6O14P2. The van der Waals surface area contributed by atoms with Gasteiger partial charge in [0.1, 0.15) is 36.3 Å². The number of rotatable bonds is 10. The zero-order valence-electron chi connectivity index (χ0n) is 26.8. The Bertz CT molecular complexity index is 1690. The highest BCUT2D eigenvalue weighted by Gasteiger charge is 2.36. The number of aliphatic hydroxyl groups excluding tert-OH is 4. The van der Waals surface area contributed by atoms with Crippen molar-refractivity contribution in [1.29, 1.82) is 0 Å². The molecule has 2 aromatic heterocycles. The molecule has 284 valence electrons. The van der Waals surface area contributed by atoms with Crippen LogP contribution in [0, 0.1) is 23.7 Å². The van der Waals surface area contributed by atoms with E-state index in [4.69, 9.17) is 40.9 Å².